The summed E-state index contributed by atoms with van der Waals surface area (Å²) in [4.78, 5) is 65.8. The number of pyridine rings is 2. The molecule has 0 aliphatic carbocycles. The number of aromatic nitrogens is 2. The molecule has 5 heterocycles. The van der Waals surface area contributed by atoms with Crippen molar-refractivity contribution in [1.29, 1.82) is 0 Å². The average Bonchev–Trinajstić information content (AvgIpc) is 4.06. The number of hydrogen-bond donors (Lipinski definition) is 2. The smallest absolute Gasteiger partial charge is 0.273 e. The normalized spacial score (nSPS) is 16.4. The van der Waals surface area contributed by atoms with Gasteiger partial charge in [-0.3, -0.25) is 29.1 Å². The Morgan fingerprint density at radius 3 is 1.41 bits per heavy atom. The highest BCUT2D eigenvalue weighted by Gasteiger charge is 2.34. The molecule has 0 unspecified atom stereocenters. The summed E-state index contributed by atoms with van der Waals surface area (Å²) in [5, 5.41) is 9.53. The Labute approximate surface area is 341 Å². The van der Waals surface area contributed by atoms with Gasteiger partial charge >= 0.3 is 0 Å². The third-order valence-corrected chi connectivity index (χ3v) is 11.4. The predicted molar refractivity (Wildman–Crippen MR) is 228 cm³/mol. The first-order chi connectivity index (χ1) is 28.9. The molecule has 0 saturated carbocycles. The summed E-state index contributed by atoms with van der Waals surface area (Å²) in [5.41, 5.74) is 3.85. The summed E-state index contributed by atoms with van der Waals surface area (Å²) in [6, 6.07) is 37.5. The second kappa shape index (κ2) is 16.4. The van der Waals surface area contributed by atoms with Crippen molar-refractivity contribution in [2.24, 2.45) is 0 Å². The molecule has 2 fully saturated rings. The zero-order valence-corrected chi connectivity index (χ0v) is 32.3. The molecule has 59 heavy (non-hydrogen) atoms. The van der Waals surface area contributed by atoms with Gasteiger partial charge in [0.15, 0.2) is 0 Å². The largest absolute Gasteiger partial charge is 0.456 e. The topological polar surface area (TPSA) is 138 Å². The molecular weight excluding hydrogens is 741 g/mol. The van der Waals surface area contributed by atoms with Crippen molar-refractivity contribution in [3.8, 4) is 22.6 Å². The van der Waals surface area contributed by atoms with Crippen LogP contribution in [-0.2, 0) is 9.59 Å². The van der Waals surface area contributed by atoms with Crippen molar-refractivity contribution in [3.05, 3.63) is 145 Å². The monoisotopic (exact) mass is 782 g/mol. The minimum atomic E-state index is -0.200. The van der Waals surface area contributed by atoms with Crippen LogP contribution < -0.4 is 10.6 Å². The summed E-state index contributed by atoms with van der Waals surface area (Å²) >= 11 is 0. The third kappa shape index (κ3) is 7.91. The van der Waals surface area contributed by atoms with Crippen LogP contribution in [0.15, 0.2) is 138 Å². The van der Waals surface area contributed by atoms with Crippen LogP contribution in [0.3, 0.4) is 0 Å². The van der Waals surface area contributed by atoms with Crippen LogP contribution in [0, 0.1) is 0 Å². The van der Waals surface area contributed by atoms with Crippen LogP contribution in [0.25, 0.3) is 44.2 Å². The second-order valence-corrected chi connectivity index (χ2v) is 15.2. The summed E-state index contributed by atoms with van der Waals surface area (Å²) in [6.07, 6.45) is 6.91. The van der Waals surface area contributed by atoms with Gasteiger partial charge in [-0.2, -0.15) is 0 Å². The van der Waals surface area contributed by atoms with Gasteiger partial charge in [-0.15, -0.1) is 0 Å². The molecule has 294 valence electrons. The molecule has 0 bridgehead atoms. The van der Waals surface area contributed by atoms with Crippen molar-refractivity contribution >= 4 is 56.5 Å². The number of fused-ring (bicyclic) bond motifs is 2. The Kier molecular flexibility index (Phi) is 10.4. The van der Waals surface area contributed by atoms with E-state index in [2.05, 4.69) is 20.6 Å². The summed E-state index contributed by atoms with van der Waals surface area (Å²) in [7, 11) is 0. The van der Waals surface area contributed by atoms with Gasteiger partial charge in [0.2, 0.25) is 11.8 Å². The van der Waals surface area contributed by atoms with E-state index in [1.165, 1.54) is 0 Å². The van der Waals surface area contributed by atoms with Crippen molar-refractivity contribution in [2.45, 2.75) is 50.6 Å². The summed E-state index contributed by atoms with van der Waals surface area (Å²) < 4.78 is 6.21. The molecule has 0 spiro atoms. The SMILES string of the molecule is O=C(C[C@@H]1CCCN1C(=O)c1nccc2ccccc12)Nc1ccc(-c2ccc(-c3ccc(NC(=O)C[C@@H]4CCCN4C(=O)c4nccc5ccccc45)cc3)o2)cc1. The number of nitrogens with one attached hydrogen (secondary N) is 2. The Morgan fingerprint density at radius 1 is 0.542 bits per heavy atom. The van der Waals surface area contributed by atoms with E-state index in [-0.39, 0.29) is 48.6 Å². The molecule has 9 rings (SSSR count). The first-order valence-electron chi connectivity index (χ1n) is 20.1. The maximum absolute atomic E-state index is 13.6. The van der Waals surface area contributed by atoms with Gasteiger partial charge in [-0.25, -0.2) is 0 Å². The first kappa shape index (κ1) is 37.4. The molecule has 7 aromatic rings. The van der Waals surface area contributed by atoms with E-state index in [0.717, 1.165) is 58.4 Å². The highest BCUT2D eigenvalue weighted by atomic mass is 16.3. The number of likely N-dealkylation sites (tertiary alicyclic amines) is 2. The Hall–Kier alpha value is -7.14. The fraction of sp³-hybridized carbons (Fsp3) is 0.208. The van der Waals surface area contributed by atoms with Gasteiger partial charge in [0.05, 0.1) is 0 Å². The molecule has 11 heteroatoms. The van der Waals surface area contributed by atoms with E-state index in [4.69, 9.17) is 4.42 Å². The van der Waals surface area contributed by atoms with Crippen LogP contribution >= 0.6 is 0 Å². The molecular formula is C48H42N6O5. The third-order valence-electron chi connectivity index (χ3n) is 11.4. The number of nitrogens with zero attached hydrogens (tertiary/aromatic N) is 4. The van der Waals surface area contributed by atoms with E-state index in [0.29, 0.717) is 47.4 Å². The van der Waals surface area contributed by atoms with Crippen LogP contribution in [0.1, 0.15) is 59.5 Å². The van der Waals surface area contributed by atoms with E-state index in [1.807, 2.05) is 121 Å². The van der Waals surface area contributed by atoms with Gasteiger partial charge in [0, 0.05) is 83.7 Å². The number of anilines is 2. The van der Waals surface area contributed by atoms with E-state index >= 15 is 0 Å². The average molecular weight is 783 g/mol. The fourth-order valence-corrected chi connectivity index (χ4v) is 8.42. The predicted octanol–water partition coefficient (Wildman–Crippen LogP) is 8.98. The maximum Gasteiger partial charge on any atom is 0.273 e. The zero-order valence-electron chi connectivity index (χ0n) is 32.3. The lowest BCUT2D eigenvalue weighted by atomic mass is 10.1. The Morgan fingerprint density at radius 2 is 0.966 bits per heavy atom. The van der Waals surface area contributed by atoms with Crippen LogP contribution in [0.5, 0.6) is 0 Å². The molecule has 11 nitrogen and oxygen atoms in total. The lowest BCUT2D eigenvalue weighted by Gasteiger charge is -2.24. The zero-order chi connectivity index (χ0) is 40.3. The number of furan rings is 1. The molecule has 2 N–H and O–H groups in total. The lowest BCUT2D eigenvalue weighted by Crippen LogP contribution is -2.38. The van der Waals surface area contributed by atoms with Crippen molar-refractivity contribution in [2.75, 3.05) is 23.7 Å². The molecule has 2 aliphatic heterocycles. The number of rotatable bonds is 10. The summed E-state index contributed by atoms with van der Waals surface area (Å²) in [5.74, 6) is 0.750. The van der Waals surface area contributed by atoms with Crippen LogP contribution in [0.2, 0.25) is 0 Å². The maximum atomic E-state index is 13.6. The number of hydrogen-bond acceptors (Lipinski definition) is 7. The van der Waals surface area contributed by atoms with Crippen LogP contribution in [-0.4, -0.2) is 68.6 Å². The Bertz CT molecular complexity index is 2500. The van der Waals surface area contributed by atoms with Crippen molar-refractivity contribution < 1.29 is 23.6 Å². The highest BCUT2D eigenvalue weighted by Crippen LogP contribution is 2.31. The lowest BCUT2D eigenvalue weighted by molar-refractivity contribution is -0.117. The van der Waals surface area contributed by atoms with Crippen molar-refractivity contribution in [1.82, 2.24) is 19.8 Å². The van der Waals surface area contributed by atoms with E-state index < -0.39 is 0 Å². The quantitative estimate of drug-likeness (QED) is 0.141. The minimum absolute atomic E-state index is 0.143. The standard InChI is InChI=1S/C48H42N6O5/c55-43(29-37-9-5-27-53(37)47(57)45-39-11-3-1-7-31(39)23-25-49-45)51-35-17-13-33(14-18-35)41-21-22-42(59-41)34-15-19-36(20-16-34)52-44(56)30-38-10-6-28-54(38)48(58)46-40-12-4-2-8-32(40)24-26-50-46/h1-4,7-8,11-26,37-38H,5-6,9-10,27-30H2,(H,51,55)(H,52,56)/t37-,38-/m0/s1. The Balaban J connectivity index is 0.777. The molecule has 4 aromatic carbocycles. The molecule has 2 atom stereocenters. The number of carbonyl (C=O) groups excluding carboxylic acids is 4. The number of benzene rings is 4. The van der Waals surface area contributed by atoms with Gasteiger partial charge in [-0.1, -0.05) is 48.5 Å². The molecule has 4 amide bonds. The molecule has 2 saturated heterocycles. The van der Waals surface area contributed by atoms with Gasteiger partial charge in [-0.05, 0) is 109 Å². The number of carbonyl (C=O) groups is 4. The van der Waals surface area contributed by atoms with Crippen molar-refractivity contribution in [3.63, 3.8) is 0 Å². The van der Waals surface area contributed by atoms with Gasteiger partial charge < -0.3 is 24.9 Å². The fourth-order valence-electron chi connectivity index (χ4n) is 8.42. The summed E-state index contributed by atoms with van der Waals surface area (Å²) in [6.45, 7) is 1.19. The molecule has 3 aromatic heterocycles. The van der Waals surface area contributed by atoms with E-state index in [9.17, 15) is 19.2 Å². The molecule has 2 aliphatic rings. The highest BCUT2D eigenvalue weighted by molar-refractivity contribution is 6.06. The van der Waals surface area contributed by atoms with Gasteiger partial charge in [0.1, 0.15) is 22.9 Å². The number of amides is 4. The van der Waals surface area contributed by atoms with Gasteiger partial charge in [0.25, 0.3) is 11.8 Å². The van der Waals surface area contributed by atoms with E-state index in [1.54, 1.807) is 22.2 Å². The minimum Gasteiger partial charge on any atom is -0.456 e. The second-order valence-electron chi connectivity index (χ2n) is 15.2. The first-order valence-corrected chi connectivity index (χ1v) is 20.1. The van der Waals surface area contributed by atoms with Crippen LogP contribution in [0.4, 0.5) is 11.4 Å². The molecule has 0 radical (unpaired) electrons.